The summed E-state index contributed by atoms with van der Waals surface area (Å²) in [4.78, 5) is 36.1. The van der Waals surface area contributed by atoms with Crippen LogP contribution in [0.1, 0.15) is 12.0 Å². The zero-order valence-electron chi connectivity index (χ0n) is 16.0. The predicted octanol–water partition coefficient (Wildman–Crippen LogP) is 2.36. The number of fused-ring (bicyclic) bond motifs is 2. The number of ether oxygens (including phenoxy) is 2. The van der Waals surface area contributed by atoms with Crippen molar-refractivity contribution >= 4 is 11.0 Å². The third-order valence-electron chi connectivity index (χ3n) is 5.02. The molecule has 1 aliphatic rings. The number of nitrogens with one attached hydrogen (secondary N) is 1. The van der Waals surface area contributed by atoms with Gasteiger partial charge >= 0.3 is 5.69 Å². The van der Waals surface area contributed by atoms with Gasteiger partial charge in [0.1, 0.15) is 5.65 Å². The van der Waals surface area contributed by atoms with Gasteiger partial charge in [-0.2, -0.15) is 0 Å². The number of H-pyrrole nitrogens is 1. The number of hydrogen-bond donors (Lipinski definition) is 1. The van der Waals surface area contributed by atoms with Crippen molar-refractivity contribution in [3.63, 3.8) is 0 Å². The maximum absolute atomic E-state index is 12.7. The molecule has 0 atom stereocenters. The highest BCUT2D eigenvalue weighted by atomic mass is 16.5. The van der Waals surface area contributed by atoms with Crippen molar-refractivity contribution in [1.82, 2.24) is 19.5 Å². The third-order valence-corrected chi connectivity index (χ3v) is 5.02. The molecule has 3 aromatic heterocycles. The summed E-state index contributed by atoms with van der Waals surface area (Å²) in [5.41, 5.74) is 1.69. The first-order chi connectivity index (χ1) is 14.7. The number of benzene rings is 1. The number of aromatic nitrogens is 4. The third kappa shape index (κ3) is 3.22. The van der Waals surface area contributed by atoms with Crippen LogP contribution < -0.4 is 20.7 Å². The highest BCUT2D eigenvalue weighted by molar-refractivity contribution is 5.91. The minimum absolute atomic E-state index is 0.232. The van der Waals surface area contributed by atoms with Crippen molar-refractivity contribution in [2.45, 2.75) is 13.0 Å². The Labute approximate surface area is 170 Å². The summed E-state index contributed by atoms with van der Waals surface area (Å²) in [6.45, 7) is 1.42. The Balaban J connectivity index is 1.64. The van der Waals surface area contributed by atoms with E-state index in [-0.39, 0.29) is 6.54 Å². The maximum atomic E-state index is 12.7. The van der Waals surface area contributed by atoms with E-state index in [2.05, 4.69) is 15.0 Å². The molecule has 0 saturated carbocycles. The Bertz CT molecular complexity index is 1350. The monoisotopic (exact) mass is 402 g/mol. The molecule has 1 aromatic carbocycles. The average molecular weight is 402 g/mol. The molecule has 0 amide bonds. The van der Waals surface area contributed by atoms with Gasteiger partial charge in [0.05, 0.1) is 25.1 Å². The van der Waals surface area contributed by atoms with E-state index in [1.165, 1.54) is 4.57 Å². The van der Waals surface area contributed by atoms with Crippen LogP contribution >= 0.6 is 0 Å². The molecule has 5 rings (SSSR count). The van der Waals surface area contributed by atoms with Crippen LogP contribution in [0.4, 0.5) is 0 Å². The first-order valence-electron chi connectivity index (χ1n) is 9.61. The molecule has 0 unspecified atom stereocenters. The van der Waals surface area contributed by atoms with E-state index in [0.29, 0.717) is 41.3 Å². The van der Waals surface area contributed by atoms with Crippen LogP contribution in [0, 0.1) is 0 Å². The van der Waals surface area contributed by atoms with Gasteiger partial charge in [-0.05, 0) is 47.0 Å². The van der Waals surface area contributed by atoms with Gasteiger partial charge in [-0.1, -0.05) is 6.07 Å². The van der Waals surface area contributed by atoms with E-state index in [1.54, 1.807) is 24.7 Å². The van der Waals surface area contributed by atoms with E-state index >= 15 is 0 Å². The molecule has 1 N–H and O–H groups in total. The molecule has 0 spiro atoms. The van der Waals surface area contributed by atoms with Gasteiger partial charge in [-0.3, -0.25) is 19.3 Å². The second-order valence-corrected chi connectivity index (χ2v) is 6.97. The normalized spacial score (nSPS) is 13.2. The van der Waals surface area contributed by atoms with E-state index < -0.39 is 11.2 Å². The van der Waals surface area contributed by atoms with Crippen molar-refractivity contribution in [2.24, 2.45) is 0 Å². The number of rotatable bonds is 3. The standard InChI is InChI=1S/C22H18N4O4/c27-21-19-16(15-4-7-23-8-5-15)6-9-24-20(19)26(22(28)25-21)13-14-2-3-17-18(12-14)30-11-1-10-29-17/h2-9,12H,1,10-11,13H2,(H,25,27,28). The Morgan fingerprint density at radius 1 is 0.967 bits per heavy atom. The second kappa shape index (κ2) is 7.47. The van der Waals surface area contributed by atoms with Crippen molar-refractivity contribution in [3.05, 3.63) is 81.4 Å². The fourth-order valence-electron chi connectivity index (χ4n) is 3.61. The molecule has 8 nitrogen and oxygen atoms in total. The zero-order valence-corrected chi connectivity index (χ0v) is 16.0. The molecule has 0 aliphatic carbocycles. The van der Waals surface area contributed by atoms with Gasteiger partial charge in [0, 0.05) is 25.0 Å². The fraction of sp³-hybridized carbons (Fsp3) is 0.182. The minimum Gasteiger partial charge on any atom is -0.490 e. The van der Waals surface area contributed by atoms with E-state index in [9.17, 15) is 9.59 Å². The van der Waals surface area contributed by atoms with E-state index in [0.717, 1.165) is 17.5 Å². The summed E-state index contributed by atoms with van der Waals surface area (Å²) in [7, 11) is 0. The molecule has 0 fully saturated rings. The van der Waals surface area contributed by atoms with Crippen LogP contribution in [0.2, 0.25) is 0 Å². The van der Waals surface area contributed by atoms with E-state index in [4.69, 9.17) is 9.47 Å². The lowest BCUT2D eigenvalue weighted by atomic mass is 10.1. The van der Waals surface area contributed by atoms with Crippen LogP contribution in [0.5, 0.6) is 11.5 Å². The van der Waals surface area contributed by atoms with Crippen LogP contribution in [-0.2, 0) is 6.54 Å². The SMILES string of the molecule is O=c1[nH]c(=O)n(Cc2ccc3c(c2)OCCCO3)c2nccc(-c3ccncc3)c12. The average Bonchev–Trinajstić information content (AvgIpc) is 3.02. The number of nitrogens with zero attached hydrogens (tertiary/aromatic N) is 3. The molecule has 4 heterocycles. The molecular weight excluding hydrogens is 384 g/mol. The molecule has 0 radical (unpaired) electrons. The van der Waals surface area contributed by atoms with Crippen LogP contribution in [-0.4, -0.2) is 32.7 Å². The molecule has 150 valence electrons. The highest BCUT2D eigenvalue weighted by Gasteiger charge is 2.16. The van der Waals surface area contributed by atoms with E-state index in [1.807, 2.05) is 30.3 Å². The summed E-state index contributed by atoms with van der Waals surface area (Å²) in [5.74, 6) is 1.34. The minimum atomic E-state index is -0.515. The Morgan fingerprint density at radius 3 is 2.60 bits per heavy atom. The molecule has 30 heavy (non-hydrogen) atoms. The highest BCUT2D eigenvalue weighted by Crippen LogP contribution is 2.31. The summed E-state index contributed by atoms with van der Waals surface area (Å²) in [6.07, 6.45) is 5.73. The van der Waals surface area contributed by atoms with Crippen molar-refractivity contribution in [3.8, 4) is 22.6 Å². The molecule has 8 heteroatoms. The predicted molar refractivity (Wildman–Crippen MR) is 111 cm³/mol. The number of pyridine rings is 2. The fourth-order valence-corrected chi connectivity index (χ4v) is 3.61. The van der Waals surface area contributed by atoms with Gasteiger partial charge in [0.25, 0.3) is 5.56 Å². The van der Waals surface area contributed by atoms with Crippen LogP contribution in [0.15, 0.2) is 64.6 Å². The lowest BCUT2D eigenvalue weighted by Gasteiger charge is -2.13. The summed E-state index contributed by atoms with van der Waals surface area (Å²) in [6, 6.07) is 11.0. The molecule has 0 bridgehead atoms. The zero-order chi connectivity index (χ0) is 20.5. The molecule has 1 aliphatic heterocycles. The maximum Gasteiger partial charge on any atom is 0.330 e. The summed E-state index contributed by atoms with van der Waals surface area (Å²) < 4.78 is 12.9. The molecule has 4 aromatic rings. The lowest BCUT2D eigenvalue weighted by molar-refractivity contribution is 0.297. The number of aromatic amines is 1. The van der Waals surface area contributed by atoms with Crippen molar-refractivity contribution < 1.29 is 9.47 Å². The summed E-state index contributed by atoms with van der Waals surface area (Å²) in [5, 5.41) is 0.359. The lowest BCUT2D eigenvalue weighted by Crippen LogP contribution is -2.31. The summed E-state index contributed by atoms with van der Waals surface area (Å²) >= 11 is 0. The van der Waals surface area contributed by atoms with Crippen molar-refractivity contribution in [2.75, 3.05) is 13.2 Å². The Kier molecular flexibility index (Phi) is 4.51. The smallest absolute Gasteiger partial charge is 0.330 e. The Hall–Kier alpha value is -3.94. The molecular formula is C22H18N4O4. The second-order valence-electron chi connectivity index (χ2n) is 6.97. The Morgan fingerprint density at radius 2 is 1.77 bits per heavy atom. The number of hydrogen-bond acceptors (Lipinski definition) is 6. The van der Waals surface area contributed by atoms with Gasteiger partial charge in [0.2, 0.25) is 0 Å². The van der Waals surface area contributed by atoms with Crippen molar-refractivity contribution in [1.29, 1.82) is 0 Å². The van der Waals surface area contributed by atoms with Gasteiger partial charge in [-0.15, -0.1) is 0 Å². The van der Waals surface area contributed by atoms with Crippen LogP contribution in [0.3, 0.4) is 0 Å². The first-order valence-corrected chi connectivity index (χ1v) is 9.61. The quantitative estimate of drug-likeness (QED) is 0.565. The van der Waals surface area contributed by atoms with Gasteiger partial charge < -0.3 is 9.47 Å². The largest absolute Gasteiger partial charge is 0.490 e. The topological polar surface area (TPSA) is 99.1 Å². The van der Waals surface area contributed by atoms with Gasteiger partial charge in [0.15, 0.2) is 11.5 Å². The van der Waals surface area contributed by atoms with Crippen LogP contribution in [0.25, 0.3) is 22.2 Å². The first kappa shape index (κ1) is 18.1. The molecule has 0 saturated heterocycles. The van der Waals surface area contributed by atoms with Gasteiger partial charge in [-0.25, -0.2) is 9.78 Å².